The van der Waals surface area contributed by atoms with Crippen molar-refractivity contribution < 1.29 is 13.2 Å². The van der Waals surface area contributed by atoms with E-state index in [0.29, 0.717) is 23.5 Å². The summed E-state index contributed by atoms with van der Waals surface area (Å²) < 4.78 is 23.5. The number of sulfonamides is 1. The van der Waals surface area contributed by atoms with Gasteiger partial charge in [-0.25, -0.2) is 13.6 Å². The van der Waals surface area contributed by atoms with Gasteiger partial charge in [0.1, 0.15) is 4.90 Å². The molecule has 1 atom stereocenters. The molecule has 0 spiro atoms. The molecule has 1 heterocycles. The van der Waals surface area contributed by atoms with Crippen LogP contribution in [-0.4, -0.2) is 32.3 Å². The molecule has 21 heavy (non-hydrogen) atoms. The van der Waals surface area contributed by atoms with Crippen molar-refractivity contribution >= 4 is 43.5 Å². The van der Waals surface area contributed by atoms with Crippen LogP contribution in [0.25, 0.3) is 0 Å². The maximum atomic E-state index is 12.5. The van der Waals surface area contributed by atoms with Crippen LogP contribution in [0.2, 0.25) is 5.02 Å². The smallest absolute Gasteiger partial charge is 0.255 e. The van der Waals surface area contributed by atoms with E-state index in [-0.39, 0.29) is 21.4 Å². The lowest BCUT2D eigenvalue weighted by atomic mass is 10.1. The molecule has 2 rings (SSSR count). The number of primary sulfonamides is 1. The van der Waals surface area contributed by atoms with Gasteiger partial charge in [0.2, 0.25) is 10.0 Å². The van der Waals surface area contributed by atoms with Crippen molar-refractivity contribution in [2.45, 2.75) is 24.7 Å². The molecule has 1 saturated heterocycles. The molecule has 0 aliphatic carbocycles. The molecule has 0 aromatic heterocycles. The molecule has 0 saturated carbocycles. The minimum atomic E-state index is -3.98. The number of likely N-dealkylation sites (tertiary alicyclic amines) is 1. The predicted octanol–water partition coefficient (Wildman–Crippen LogP) is 2.62. The lowest BCUT2D eigenvalue weighted by Crippen LogP contribution is -2.29. The van der Waals surface area contributed by atoms with Crippen LogP contribution in [0.4, 0.5) is 0 Å². The monoisotopic (exact) mass is 394 g/mol. The highest BCUT2D eigenvalue weighted by Gasteiger charge is 2.29. The molecule has 8 heteroatoms. The molecule has 1 fully saturated rings. The molecule has 1 aromatic rings. The number of hydrogen-bond donors (Lipinski definition) is 1. The van der Waals surface area contributed by atoms with Crippen LogP contribution >= 0.6 is 27.5 Å². The van der Waals surface area contributed by atoms with Gasteiger partial charge >= 0.3 is 0 Å². The average molecular weight is 396 g/mol. The SMILES string of the molecule is CCC1CCN(C(=O)c2cc(Br)cc(S(N)(=O)=O)c2Cl)C1. The molecule has 0 bridgehead atoms. The summed E-state index contributed by atoms with van der Waals surface area (Å²) in [5.74, 6) is 0.222. The fourth-order valence-electron chi connectivity index (χ4n) is 2.45. The Kier molecular flexibility index (Phi) is 4.97. The predicted molar refractivity (Wildman–Crippen MR) is 84.8 cm³/mol. The van der Waals surface area contributed by atoms with Crippen LogP contribution in [0.3, 0.4) is 0 Å². The van der Waals surface area contributed by atoms with Crippen molar-refractivity contribution in [2.75, 3.05) is 13.1 Å². The highest BCUT2D eigenvalue weighted by atomic mass is 79.9. The number of hydrogen-bond acceptors (Lipinski definition) is 3. The maximum Gasteiger partial charge on any atom is 0.255 e. The van der Waals surface area contributed by atoms with E-state index in [1.807, 2.05) is 0 Å². The van der Waals surface area contributed by atoms with Crippen LogP contribution < -0.4 is 5.14 Å². The number of benzene rings is 1. The van der Waals surface area contributed by atoms with Crippen LogP contribution in [0, 0.1) is 5.92 Å². The number of carbonyl (C=O) groups excluding carboxylic acids is 1. The summed E-state index contributed by atoms with van der Waals surface area (Å²) in [7, 11) is -3.98. The van der Waals surface area contributed by atoms with E-state index < -0.39 is 10.0 Å². The van der Waals surface area contributed by atoms with Gasteiger partial charge in [0.15, 0.2) is 0 Å². The van der Waals surface area contributed by atoms with Crippen molar-refractivity contribution in [3.8, 4) is 0 Å². The first kappa shape index (κ1) is 16.7. The summed E-state index contributed by atoms with van der Waals surface area (Å²) in [6.07, 6.45) is 1.97. The Balaban J connectivity index is 2.41. The van der Waals surface area contributed by atoms with Crippen LogP contribution in [0.15, 0.2) is 21.5 Å². The number of carbonyl (C=O) groups is 1. The van der Waals surface area contributed by atoms with E-state index in [9.17, 15) is 13.2 Å². The molecule has 1 aliphatic rings. The quantitative estimate of drug-likeness (QED) is 0.854. The summed E-state index contributed by atoms with van der Waals surface area (Å²) >= 11 is 9.27. The first-order valence-corrected chi connectivity index (χ1v) is 9.27. The zero-order valence-corrected chi connectivity index (χ0v) is 14.6. The van der Waals surface area contributed by atoms with E-state index in [1.54, 1.807) is 4.90 Å². The first-order chi connectivity index (χ1) is 9.74. The molecule has 116 valence electrons. The Labute approximate surface area is 137 Å². The zero-order chi connectivity index (χ0) is 15.8. The second-order valence-electron chi connectivity index (χ2n) is 5.12. The van der Waals surface area contributed by atoms with Crippen molar-refractivity contribution in [1.29, 1.82) is 0 Å². The minimum Gasteiger partial charge on any atom is -0.338 e. The highest BCUT2D eigenvalue weighted by Crippen LogP contribution is 2.31. The summed E-state index contributed by atoms with van der Waals surface area (Å²) in [6, 6.07) is 2.83. The Hall–Kier alpha value is -0.630. The van der Waals surface area contributed by atoms with Gasteiger partial charge in [-0.3, -0.25) is 4.79 Å². The molecule has 0 radical (unpaired) electrons. The molecule has 1 aliphatic heterocycles. The van der Waals surface area contributed by atoms with Crippen molar-refractivity contribution in [3.63, 3.8) is 0 Å². The summed E-state index contributed by atoms with van der Waals surface area (Å²) in [5.41, 5.74) is 0.159. The van der Waals surface area contributed by atoms with Crippen LogP contribution in [-0.2, 0) is 10.0 Å². The summed E-state index contributed by atoms with van der Waals surface area (Å²) in [4.78, 5) is 14.0. The topological polar surface area (TPSA) is 80.5 Å². The molecular weight excluding hydrogens is 380 g/mol. The number of rotatable bonds is 3. The largest absolute Gasteiger partial charge is 0.338 e. The summed E-state index contributed by atoms with van der Waals surface area (Å²) in [5, 5.41) is 5.01. The Bertz CT molecular complexity index is 678. The molecular formula is C13H16BrClN2O3S. The molecule has 5 nitrogen and oxygen atoms in total. The lowest BCUT2D eigenvalue weighted by Gasteiger charge is -2.18. The van der Waals surface area contributed by atoms with Crippen LogP contribution in [0.1, 0.15) is 30.1 Å². The maximum absolute atomic E-state index is 12.5. The normalized spacial score (nSPS) is 19.0. The standard InChI is InChI=1S/C13H16BrClN2O3S/c1-2-8-3-4-17(7-8)13(18)10-5-9(14)6-11(12(10)15)21(16,19)20/h5-6,8H,2-4,7H2,1H3,(H2,16,19,20). The second-order valence-corrected chi connectivity index (χ2v) is 7.95. The van der Waals surface area contributed by atoms with Crippen molar-refractivity contribution in [1.82, 2.24) is 4.90 Å². The Morgan fingerprint density at radius 3 is 2.71 bits per heavy atom. The van der Waals surface area contributed by atoms with Gasteiger partial charge in [0.25, 0.3) is 5.91 Å². The highest BCUT2D eigenvalue weighted by molar-refractivity contribution is 9.10. The first-order valence-electron chi connectivity index (χ1n) is 6.55. The van der Waals surface area contributed by atoms with Crippen molar-refractivity contribution in [2.24, 2.45) is 11.1 Å². The van der Waals surface area contributed by atoms with Gasteiger partial charge in [0.05, 0.1) is 10.6 Å². The fraction of sp³-hybridized carbons (Fsp3) is 0.462. The molecule has 1 aromatic carbocycles. The number of halogens is 2. The fourth-order valence-corrected chi connectivity index (χ4v) is 4.22. The molecule has 1 amide bonds. The number of amides is 1. The van der Waals surface area contributed by atoms with Gasteiger partial charge in [0, 0.05) is 17.6 Å². The third-order valence-electron chi connectivity index (χ3n) is 3.69. The van der Waals surface area contributed by atoms with E-state index in [1.165, 1.54) is 12.1 Å². The second kappa shape index (κ2) is 6.24. The lowest BCUT2D eigenvalue weighted by molar-refractivity contribution is 0.0787. The van der Waals surface area contributed by atoms with E-state index in [4.69, 9.17) is 16.7 Å². The Morgan fingerprint density at radius 1 is 1.52 bits per heavy atom. The van der Waals surface area contributed by atoms with Gasteiger partial charge < -0.3 is 4.90 Å². The van der Waals surface area contributed by atoms with E-state index in [2.05, 4.69) is 22.9 Å². The van der Waals surface area contributed by atoms with Crippen LogP contribution in [0.5, 0.6) is 0 Å². The van der Waals surface area contributed by atoms with Gasteiger partial charge in [-0.15, -0.1) is 0 Å². The third kappa shape index (κ3) is 3.59. The zero-order valence-electron chi connectivity index (χ0n) is 11.5. The van der Waals surface area contributed by atoms with E-state index >= 15 is 0 Å². The van der Waals surface area contributed by atoms with Gasteiger partial charge in [-0.05, 0) is 24.5 Å². The van der Waals surface area contributed by atoms with Gasteiger partial charge in [-0.2, -0.15) is 0 Å². The third-order valence-corrected chi connectivity index (χ3v) is 5.60. The van der Waals surface area contributed by atoms with Crippen molar-refractivity contribution in [3.05, 3.63) is 27.2 Å². The molecule has 2 N–H and O–H groups in total. The average Bonchev–Trinajstić information content (AvgIpc) is 2.87. The Morgan fingerprint density at radius 2 is 2.19 bits per heavy atom. The van der Waals surface area contributed by atoms with Gasteiger partial charge in [-0.1, -0.05) is 40.9 Å². The molecule has 1 unspecified atom stereocenters. The number of nitrogens with zero attached hydrogens (tertiary/aromatic N) is 1. The summed E-state index contributed by atoms with van der Waals surface area (Å²) in [6.45, 7) is 3.41. The van der Waals surface area contributed by atoms with E-state index in [0.717, 1.165) is 12.8 Å². The minimum absolute atomic E-state index is 0.120. The number of nitrogens with two attached hydrogens (primary N) is 1.